The smallest absolute Gasteiger partial charge is 0.264 e. The molecule has 0 heterocycles. The van der Waals surface area contributed by atoms with Gasteiger partial charge in [0.15, 0.2) is 0 Å². The van der Waals surface area contributed by atoms with Gasteiger partial charge in [0.2, 0.25) is 5.91 Å². The summed E-state index contributed by atoms with van der Waals surface area (Å²) < 4.78 is 44.3. The van der Waals surface area contributed by atoms with Gasteiger partial charge < -0.3 is 19.5 Å². The zero-order valence-corrected chi connectivity index (χ0v) is 19.7. The van der Waals surface area contributed by atoms with Gasteiger partial charge in [0.25, 0.3) is 10.0 Å². The molecule has 0 aliphatic rings. The maximum absolute atomic E-state index is 13.6. The molecule has 9 heteroatoms. The first kappa shape index (κ1) is 24.7. The highest BCUT2D eigenvalue weighted by atomic mass is 32.2. The fraction of sp³-hybridized carbons (Fsp3) is 0.160. The SMILES string of the molecule is C=CCOc1cccc(NC(=O)CN(c2cc(OC)ccc2OC)S(=O)(=O)c2ccccc2)c1. The number of rotatable bonds is 11. The predicted molar refractivity (Wildman–Crippen MR) is 131 cm³/mol. The molecular formula is C25H26N2O6S. The molecule has 0 aliphatic heterocycles. The lowest BCUT2D eigenvalue weighted by atomic mass is 10.2. The molecule has 1 amide bonds. The van der Waals surface area contributed by atoms with Crippen LogP contribution in [-0.2, 0) is 14.8 Å². The van der Waals surface area contributed by atoms with Gasteiger partial charge in [0, 0.05) is 17.8 Å². The van der Waals surface area contributed by atoms with Crippen molar-refractivity contribution in [3.05, 3.63) is 85.5 Å². The van der Waals surface area contributed by atoms with Crippen LogP contribution in [0.4, 0.5) is 11.4 Å². The summed E-state index contributed by atoms with van der Waals surface area (Å²) in [5.41, 5.74) is 0.630. The third-order valence-electron chi connectivity index (χ3n) is 4.76. The van der Waals surface area contributed by atoms with E-state index in [1.54, 1.807) is 60.7 Å². The Morgan fingerprint density at radius 1 is 0.971 bits per heavy atom. The van der Waals surface area contributed by atoms with E-state index in [4.69, 9.17) is 14.2 Å². The number of anilines is 2. The minimum absolute atomic E-state index is 0.0347. The number of benzene rings is 3. The van der Waals surface area contributed by atoms with E-state index in [-0.39, 0.29) is 16.3 Å². The molecule has 3 aromatic rings. The van der Waals surface area contributed by atoms with Crippen molar-refractivity contribution in [1.29, 1.82) is 0 Å². The number of carbonyl (C=O) groups excluding carboxylic acids is 1. The van der Waals surface area contributed by atoms with Crippen molar-refractivity contribution in [2.75, 3.05) is 37.0 Å². The Bertz CT molecular complexity index is 1250. The van der Waals surface area contributed by atoms with E-state index < -0.39 is 22.5 Å². The summed E-state index contributed by atoms with van der Waals surface area (Å²) >= 11 is 0. The highest BCUT2D eigenvalue weighted by Gasteiger charge is 2.30. The third kappa shape index (κ3) is 5.87. The fourth-order valence-electron chi connectivity index (χ4n) is 3.16. The molecule has 0 unspecified atom stereocenters. The molecule has 1 N–H and O–H groups in total. The van der Waals surface area contributed by atoms with Gasteiger partial charge in [-0.05, 0) is 36.4 Å². The molecule has 0 fully saturated rings. The molecule has 3 rings (SSSR count). The lowest BCUT2D eigenvalue weighted by molar-refractivity contribution is -0.114. The highest BCUT2D eigenvalue weighted by Crippen LogP contribution is 2.35. The van der Waals surface area contributed by atoms with Gasteiger partial charge in [0.1, 0.15) is 30.4 Å². The number of hydrogen-bond donors (Lipinski definition) is 1. The molecular weight excluding hydrogens is 456 g/mol. The number of nitrogens with one attached hydrogen (secondary N) is 1. The summed E-state index contributed by atoms with van der Waals surface area (Å²) in [5, 5.41) is 2.73. The van der Waals surface area contributed by atoms with Crippen molar-refractivity contribution in [3.8, 4) is 17.2 Å². The standard InChI is InChI=1S/C25H26N2O6S/c1-4-15-33-21-10-8-9-19(16-21)26-25(28)18-27(34(29,30)22-11-6-5-7-12-22)23-17-20(31-2)13-14-24(23)32-3/h4-14,16-17H,1,15,18H2,2-3H3,(H,26,28). The molecule has 3 aromatic carbocycles. The van der Waals surface area contributed by atoms with E-state index in [1.807, 2.05) is 0 Å². The minimum Gasteiger partial charge on any atom is -0.497 e. The van der Waals surface area contributed by atoms with Crippen molar-refractivity contribution in [2.24, 2.45) is 0 Å². The molecule has 0 bridgehead atoms. The van der Waals surface area contributed by atoms with Gasteiger partial charge in [-0.25, -0.2) is 8.42 Å². The summed E-state index contributed by atoms with van der Waals surface area (Å²) in [4.78, 5) is 13.0. The molecule has 0 spiro atoms. The number of amides is 1. The maximum Gasteiger partial charge on any atom is 0.264 e. The average Bonchev–Trinajstić information content (AvgIpc) is 2.86. The van der Waals surface area contributed by atoms with E-state index in [1.165, 1.54) is 32.4 Å². The predicted octanol–water partition coefficient (Wildman–Crippen LogP) is 4.10. The van der Waals surface area contributed by atoms with Crippen LogP contribution in [0.1, 0.15) is 0 Å². The monoisotopic (exact) mass is 482 g/mol. The Hall–Kier alpha value is -3.98. The Morgan fingerprint density at radius 2 is 1.74 bits per heavy atom. The van der Waals surface area contributed by atoms with Gasteiger partial charge >= 0.3 is 0 Å². The molecule has 178 valence electrons. The second kappa shape index (κ2) is 11.2. The second-order valence-corrected chi connectivity index (χ2v) is 8.90. The van der Waals surface area contributed by atoms with Crippen LogP contribution in [0.3, 0.4) is 0 Å². The zero-order chi connectivity index (χ0) is 24.6. The largest absolute Gasteiger partial charge is 0.497 e. The first-order valence-corrected chi connectivity index (χ1v) is 11.8. The molecule has 0 aliphatic carbocycles. The van der Waals surface area contributed by atoms with E-state index in [2.05, 4.69) is 11.9 Å². The number of sulfonamides is 1. The summed E-state index contributed by atoms with van der Waals surface area (Å²) in [7, 11) is -1.23. The summed E-state index contributed by atoms with van der Waals surface area (Å²) in [6.45, 7) is 3.42. The quantitative estimate of drug-likeness (QED) is 0.414. The number of hydrogen-bond acceptors (Lipinski definition) is 6. The van der Waals surface area contributed by atoms with Crippen LogP contribution in [0, 0.1) is 0 Å². The zero-order valence-electron chi connectivity index (χ0n) is 18.9. The number of methoxy groups -OCH3 is 2. The van der Waals surface area contributed by atoms with Gasteiger partial charge in [-0.15, -0.1) is 0 Å². The Kier molecular flexibility index (Phi) is 8.15. The summed E-state index contributed by atoms with van der Waals surface area (Å²) in [6, 6.07) is 19.4. The van der Waals surface area contributed by atoms with Crippen LogP contribution in [-0.4, -0.2) is 41.7 Å². The fourth-order valence-corrected chi connectivity index (χ4v) is 4.61. The van der Waals surface area contributed by atoms with Crippen LogP contribution in [0.2, 0.25) is 0 Å². The number of carbonyl (C=O) groups is 1. The van der Waals surface area contributed by atoms with E-state index in [0.29, 0.717) is 23.8 Å². The first-order chi connectivity index (χ1) is 16.4. The molecule has 0 saturated heterocycles. The maximum atomic E-state index is 13.6. The molecule has 34 heavy (non-hydrogen) atoms. The van der Waals surface area contributed by atoms with Crippen molar-refractivity contribution < 1.29 is 27.4 Å². The number of nitrogens with zero attached hydrogens (tertiary/aromatic N) is 1. The van der Waals surface area contributed by atoms with Crippen LogP contribution in [0.25, 0.3) is 0 Å². The lowest BCUT2D eigenvalue weighted by Gasteiger charge is -2.26. The second-order valence-electron chi connectivity index (χ2n) is 7.04. The van der Waals surface area contributed by atoms with Crippen LogP contribution >= 0.6 is 0 Å². The molecule has 0 radical (unpaired) electrons. The van der Waals surface area contributed by atoms with Gasteiger partial charge in [0.05, 0.1) is 24.8 Å². The summed E-state index contributed by atoms with van der Waals surface area (Å²) in [6.07, 6.45) is 1.61. The highest BCUT2D eigenvalue weighted by molar-refractivity contribution is 7.92. The number of ether oxygens (including phenoxy) is 3. The molecule has 0 saturated carbocycles. The topological polar surface area (TPSA) is 94.2 Å². The third-order valence-corrected chi connectivity index (χ3v) is 6.53. The van der Waals surface area contributed by atoms with Gasteiger partial charge in [-0.1, -0.05) is 36.9 Å². The molecule has 8 nitrogen and oxygen atoms in total. The van der Waals surface area contributed by atoms with E-state index in [9.17, 15) is 13.2 Å². The lowest BCUT2D eigenvalue weighted by Crippen LogP contribution is -2.38. The Morgan fingerprint density at radius 3 is 2.41 bits per heavy atom. The molecule has 0 aromatic heterocycles. The van der Waals surface area contributed by atoms with E-state index >= 15 is 0 Å². The van der Waals surface area contributed by atoms with Crippen LogP contribution in [0.5, 0.6) is 17.2 Å². The van der Waals surface area contributed by atoms with Crippen molar-refractivity contribution >= 4 is 27.3 Å². The summed E-state index contributed by atoms with van der Waals surface area (Å²) in [5.74, 6) is 0.677. The molecule has 0 atom stereocenters. The average molecular weight is 483 g/mol. The van der Waals surface area contributed by atoms with Crippen LogP contribution in [0.15, 0.2) is 90.3 Å². The normalized spacial score (nSPS) is 10.8. The van der Waals surface area contributed by atoms with E-state index in [0.717, 1.165) is 4.31 Å². The van der Waals surface area contributed by atoms with Gasteiger partial charge in [-0.3, -0.25) is 9.10 Å². The Balaban J connectivity index is 1.97. The Labute approximate surface area is 199 Å². The van der Waals surface area contributed by atoms with Gasteiger partial charge in [-0.2, -0.15) is 0 Å². The van der Waals surface area contributed by atoms with Crippen molar-refractivity contribution in [1.82, 2.24) is 0 Å². The van der Waals surface area contributed by atoms with Crippen LogP contribution < -0.4 is 23.8 Å². The minimum atomic E-state index is -4.12. The van der Waals surface area contributed by atoms with Crippen molar-refractivity contribution in [3.63, 3.8) is 0 Å². The first-order valence-electron chi connectivity index (χ1n) is 10.3. The van der Waals surface area contributed by atoms with Crippen molar-refractivity contribution in [2.45, 2.75) is 4.90 Å².